The Labute approximate surface area is 230 Å². The van der Waals surface area contributed by atoms with Crippen molar-refractivity contribution in [3.8, 4) is 5.75 Å². The summed E-state index contributed by atoms with van der Waals surface area (Å²) >= 11 is 18.8. The molecular formula is C21H13Cl2I3N2O3. The van der Waals surface area contributed by atoms with Gasteiger partial charge in [0.05, 0.1) is 29.1 Å². The molecule has 3 rings (SSSR count). The van der Waals surface area contributed by atoms with Gasteiger partial charge in [-0.2, -0.15) is 0 Å². The number of hydrogen-bond acceptors (Lipinski definition) is 3. The summed E-state index contributed by atoms with van der Waals surface area (Å²) in [7, 11) is 1.47. The van der Waals surface area contributed by atoms with E-state index in [-0.39, 0.29) is 16.8 Å². The molecule has 0 spiro atoms. The first-order valence-corrected chi connectivity index (χ1v) is 12.6. The molecule has 3 aromatic rings. The summed E-state index contributed by atoms with van der Waals surface area (Å²) in [5.41, 5.74) is 1.73. The second-order valence-electron chi connectivity index (χ2n) is 6.20. The van der Waals surface area contributed by atoms with Gasteiger partial charge in [-0.25, -0.2) is 0 Å². The maximum absolute atomic E-state index is 12.9. The molecule has 10 heteroatoms. The Kier molecular flexibility index (Phi) is 8.69. The van der Waals surface area contributed by atoms with E-state index < -0.39 is 0 Å². The van der Waals surface area contributed by atoms with Crippen LogP contribution in [0.25, 0.3) is 0 Å². The van der Waals surface area contributed by atoms with Gasteiger partial charge in [-0.3, -0.25) is 9.59 Å². The number of carbonyl (C=O) groups is 2. The highest BCUT2D eigenvalue weighted by Gasteiger charge is 2.18. The Bertz CT molecular complexity index is 1170. The summed E-state index contributed by atoms with van der Waals surface area (Å²) in [4.78, 5) is 25.4. The molecule has 0 fully saturated rings. The zero-order chi connectivity index (χ0) is 22.7. The molecule has 0 aromatic heterocycles. The van der Waals surface area contributed by atoms with Crippen molar-refractivity contribution in [2.24, 2.45) is 0 Å². The van der Waals surface area contributed by atoms with Crippen molar-refractivity contribution < 1.29 is 14.3 Å². The SMILES string of the molecule is COc1cc(NC(=O)c2ccc(Cl)cc2)c(Cl)cc1NC(=O)c1cc(I)cc(I)c1I. The standard InChI is InChI=1S/C21H13Cl2I3N2O3/c1-31-18-9-16(27-20(29)10-2-4-11(22)5-3-10)14(23)8-17(18)28-21(30)13-6-12(24)7-15(25)19(13)26/h2-9H,1H3,(H,27,29)(H,28,30). The molecule has 0 bridgehead atoms. The average Bonchev–Trinajstić information content (AvgIpc) is 2.72. The van der Waals surface area contributed by atoms with Gasteiger partial charge in [0, 0.05) is 27.4 Å². The van der Waals surface area contributed by atoms with E-state index in [2.05, 4.69) is 78.4 Å². The number of carbonyl (C=O) groups excluding carboxylic acids is 2. The molecule has 0 aliphatic heterocycles. The molecule has 0 saturated heterocycles. The molecule has 0 aliphatic rings. The van der Waals surface area contributed by atoms with Crippen LogP contribution in [0.15, 0.2) is 48.5 Å². The highest BCUT2D eigenvalue weighted by Crippen LogP contribution is 2.35. The third-order valence-corrected chi connectivity index (χ3v) is 8.36. The first-order chi connectivity index (χ1) is 14.7. The van der Waals surface area contributed by atoms with Crippen LogP contribution in [0.3, 0.4) is 0 Å². The summed E-state index contributed by atoms with van der Waals surface area (Å²) in [6, 6.07) is 13.4. The molecule has 5 nitrogen and oxygen atoms in total. The molecule has 0 heterocycles. The quantitative estimate of drug-likeness (QED) is 0.210. The van der Waals surface area contributed by atoms with Gasteiger partial charge in [0.25, 0.3) is 11.8 Å². The predicted molar refractivity (Wildman–Crippen MR) is 150 cm³/mol. The van der Waals surface area contributed by atoms with Crippen LogP contribution in [-0.4, -0.2) is 18.9 Å². The highest BCUT2D eigenvalue weighted by atomic mass is 127. The lowest BCUT2D eigenvalue weighted by Crippen LogP contribution is -2.16. The smallest absolute Gasteiger partial charge is 0.256 e. The molecule has 31 heavy (non-hydrogen) atoms. The van der Waals surface area contributed by atoms with Crippen LogP contribution in [-0.2, 0) is 0 Å². The number of anilines is 2. The van der Waals surface area contributed by atoms with Gasteiger partial charge in [-0.15, -0.1) is 0 Å². The van der Waals surface area contributed by atoms with Crippen molar-refractivity contribution in [1.29, 1.82) is 0 Å². The largest absolute Gasteiger partial charge is 0.494 e. The zero-order valence-corrected chi connectivity index (χ0v) is 23.7. The monoisotopic (exact) mass is 792 g/mol. The van der Waals surface area contributed by atoms with Crippen LogP contribution in [0.5, 0.6) is 5.75 Å². The first kappa shape index (κ1) is 24.8. The fourth-order valence-electron chi connectivity index (χ4n) is 2.62. The lowest BCUT2D eigenvalue weighted by atomic mass is 10.2. The number of amides is 2. The normalized spacial score (nSPS) is 10.5. The summed E-state index contributed by atoms with van der Waals surface area (Å²) in [5, 5.41) is 6.38. The molecule has 3 aromatic carbocycles. The van der Waals surface area contributed by atoms with Gasteiger partial charge in [0.1, 0.15) is 5.75 Å². The number of hydrogen-bond donors (Lipinski definition) is 2. The topological polar surface area (TPSA) is 67.4 Å². The lowest BCUT2D eigenvalue weighted by Gasteiger charge is -2.15. The highest BCUT2D eigenvalue weighted by molar-refractivity contribution is 14.1. The average molecular weight is 793 g/mol. The van der Waals surface area contributed by atoms with Gasteiger partial charge in [0.2, 0.25) is 0 Å². The summed E-state index contributed by atoms with van der Waals surface area (Å²) in [5.74, 6) is -0.270. The van der Waals surface area contributed by atoms with Crippen LogP contribution in [0.4, 0.5) is 11.4 Å². The fourth-order valence-corrected chi connectivity index (χ4v) is 5.36. The number of methoxy groups -OCH3 is 1. The van der Waals surface area contributed by atoms with E-state index in [0.717, 1.165) is 10.7 Å². The molecule has 2 N–H and O–H groups in total. The summed E-state index contributed by atoms with van der Waals surface area (Å²) in [6.45, 7) is 0. The van der Waals surface area contributed by atoms with Crippen molar-refractivity contribution in [2.75, 3.05) is 17.7 Å². The Morgan fingerprint density at radius 1 is 0.871 bits per heavy atom. The van der Waals surface area contributed by atoms with Crippen LogP contribution < -0.4 is 15.4 Å². The molecule has 160 valence electrons. The van der Waals surface area contributed by atoms with E-state index in [1.165, 1.54) is 7.11 Å². The van der Waals surface area contributed by atoms with E-state index in [0.29, 0.717) is 33.3 Å². The Balaban J connectivity index is 1.86. The van der Waals surface area contributed by atoms with Crippen molar-refractivity contribution in [3.63, 3.8) is 0 Å². The van der Waals surface area contributed by atoms with E-state index >= 15 is 0 Å². The molecule has 0 atom stereocenters. The summed E-state index contributed by atoms with van der Waals surface area (Å²) in [6.07, 6.45) is 0. The molecular weight excluding hydrogens is 780 g/mol. The van der Waals surface area contributed by atoms with Crippen LogP contribution >= 0.6 is 91.0 Å². The maximum atomic E-state index is 12.9. The van der Waals surface area contributed by atoms with Crippen molar-refractivity contribution >= 4 is 114 Å². The van der Waals surface area contributed by atoms with Crippen LogP contribution in [0.1, 0.15) is 20.7 Å². The van der Waals surface area contributed by atoms with Crippen molar-refractivity contribution in [1.82, 2.24) is 0 Å². The molecule has 0 saturated carbocycles. The second-order valence-corrected chi connectivity index (χ2v) is 10.5. The fraction of sp³-hybridized carbons (Fsp3) is 0.0476. The van der Waals surface area contributed by atoms with E-state index in [4.69, 9.17) is 27.9 Å². The summed E-state index contributed by atoms with van der Waals surface area (Å²) < 4.78 is 8.21. The maximum Gasteiger partial charge on any atom is 0.256 e. The van der Waals surface area contributed by atoms with Gasteiger partial charge < -0.3 is 15.4 Å². The Morgan fingerprint density at radius 3 is 2.16 bits per heavy atom. The van der Waals surface area contributed by atoms with Crippen molar-refractivity contribution in [2.45, 2.75) is 0 Å². The third kappa shape index (κ3) is 6.15. The van der Waals surface area contributed by atoms with Gasteiger partial charge in [0.15, 0.2) is 0 Å². The van der Waals surface area contributed by atoms with Crippen LogP contribution in [0, 0.1) is 10.7 Å². The third-order valence-electron chi connectivity index (χ3n) is 4.13. The van der Waals surface area contributed by atoms with E-state index in [1.807, 2.05) is 12.1 Å². The Hall–Kier alpha value is -0.830. The van der Waals surface area contributed by atoms with Gasteiger partial charge in [-0.1, -0.05) is 23.2 Å². The molecule has 0 aliphatic carbocycles. The number of benzene rings is 3. The minimum atomic E-state index is -0.347. The minimum absolute atomic E-state index is 0.255. The van der Waals surface area contributed by atoms with Crippen molar-refractivity contribution in [3.05, 3.63) is 80.4 Å². The molecule has 0 radical (unpaired) electrons. The number of halogens is 5. The molecule has 0 unspecified atom stereocenters. The second kappa shape index (κ2) is 10.9. The van der Waals surface area contributed by atoms with Crippen LogP contribution in [0.2, 0.25) is 10.0 Å². The van der Waals surface area contributed by atoms with E-state index in [9.17, 15) is 9.59 Å². The first-order valence-electron chi connectivity index (χ1n) is 8.60. The predicted octanol–water partition coefficient (Wildman–Crippen LogP) is 7.32. The van der Waals surface area contributed by atoms with E-state index in [1.54, 1.807) is 36.4 Å². The number of ether oxygens (including phenoxy) is 1. The number of nitrogens with one attached hydrogen (secondary N) is 2. The lowest BCUT2D eigenvalue weighted by molar-refractivity contribution is 0.101. The van der Waals surface area contributed by atoms with Gasteiger partial charge >= 0.3 is 0 Å². The minimum Gasteiger partial charge on any atom is -0.494 e. The number of rotatable bonds is 5. The zero-order valence-electron chi connectivity index (χ0n) is 15.7. The Morgan fingerprint density at radius 2 is 1.52 bits per heavy atom. The van der Waals surface area contributed by atoms with Gasteiger partial charge in [-0.05, 0) is 110 Å². The molecule has 2 amide bonds.